The predicted molar refractivity (Wildman–Crippen MR) is 90.7 cm³/mol. The molecule has 2 saturated heterocycles. The lowest BCUT2D eigenvalue weighted by Gasteiger charge is -2.34. The number of aromatic nitrogens is 1. The number of carbonyl (C=O) groups excluding carboxylic acids is 2. The van der Waals surface area contributed by atoms with Gasteiger partial charge in [-0.05, 0) is 6.42 Å². The van der Waals surface area contributed by atoms with Crippen LogP contribution in [-0.4, -0.2) is 67.6 Å². The molecule has 0 saturated carbocycles. The molecule has 0 unspecified atom stereocenters. The molecular weight excluding hydrogens is 328 g/mol. The number of rotatable bonds is 5. The Kier molecular flexibility index (Phi) is 6.17. The van der Waals surface area contributed by atoms with Crippen LogP contribution in [0.15, 0.2) is 10.9 Å². The smallest absolute Gasteiger partial charge is 0.227 e. The largest absolute Gasteiger partial charge is 0.378 e. The number of hydrogen-bond acceptors (Lipinski definition) is 6. The second kappa shape index (κ2) is 8.55. The van der Waals surface area contributed by atoms with Crippen molar-refractivity contribution >= 4 is 23.2 Å². The van der Waals surface area contributed by atoms with E-state index in [4.69, 9.17) is 4.74 Å². The van der Waals surface area contributed by atoms with Gasteiger partial charge in [-0.2, -0.15) is 0 Å². The second-order valence-electron chi connectivity index (χ2n) is 6.25. The molecule has 2 aliphatic heterocycles. The Morgan fingerprint density at radius 3 is 2.88 bits per heavy atom. The monoisotopic (exact) mass is 352 g/mol. The topological polar surface area (TPSA) is 83.6 Å². The minimum Gasteiger partial charge on any atom is -0.378 e. The molecule has 0 aliphatic carbocycles. The van der Waals surface area contributed by atoms with Crippen molar-refractivity contribution in [2.45, 2.75) is 12.8 Å². The zero-order chi connectivity index (χ0) is 16.8. The summed E-state index contributed by atoms with van der Waals surface area (Å²) in [6.07, 6.45) is 1.36. The third-order valence-corrected chi connectivity index (χ3v) is 5.19. The average Bonchev–Trinajstić information content (AvgIpc) is 3.15. The molecule has 0 radical (unpaired) electrons. The molecule has 2 atom stereocenters. The number of morpholine rings is 1. The van der Waals surface area contributed by atoms with E-state index >= 15 is 0 Å². The highest BCUT2D eigenvalue weighted by molar-refractivity contribution is 7.07. The molecule has 0 bridgehead atoms. The average molecular weight is 352 g/mol. The third-order valence-electron chi connectivity index (χ3n) is 4.56. The van der Waals surface area contributed by atoms with Crippen molar-refractivity contribution in [1.29, 1.82) is 0 Å². The standard InChI is InChI=1S/C16H24N4O3S/c21-15(18-2-1-14-10-24-11-19-14)12-7-13(9-17-8-12)16(22)20-3-5-23-6-4-20/h10-13,17H,1-9H2,(H,18,21)/t12-,13+/m1/s1. The van der Waals surface area contributed by atoms with Gasteiger partial charge in [-0.15, -0.1) is 11.3 Å². The fraction of sp³-hybridized carbons (Fsp3) is 0.688. The Balaban J connectivity index is 1.45. The fourth-order valence-corrected chi connectivity index (χ4v) is 3.78. The van der Waals surface area contributed by atoms with E-state index in [1.807, 2.05) is 10.3 Å². The lowest BCUT2D eigenvalue weighted by atomic mass is 9.88. The quantitative estimate of drug-likeness (QED) is 0.772. The molecule has 2 fully saturated rings. The molecule has 0 spiro atoms. The molecule has 132 valence electrons. The maximum Gasteiger partial charge on any atom is 0.227 e. The van der Waals surface area contributed by atoms with Crippen LogP contribution in [0.4, 0.5) is 0 Å². The van der Waals surface area contributed by atoms with Crippen molar-refractivity contribution in [2.75, 3.05) is 45.9 Å². The molecule has 2 amide bonds. The Morgan fingerprint density at radius 2 is 2.12 bits per heavy atom. The zero-order valence-corrected chi connectivity index (χ0v) is 14.5. The van der Waals surface area contributed by atoms with Gasteiger partial charge in [0.2, 0.25) is 11.8 Å². The predicted octanol–water partition coefficient (Wildman–Crippen LogP) is -0.114. The van der Waals surface area contributed by atoms with Crippen molar-refractivity contribution in [2.24, 2.45) is 11.8 Å². The SMILES string of the molecule is O=C(NCCc1cscn1)[C@H]1CNC[C@@H](C(=O)N2CCOCC2)C1. The summed E-state index contributed by atoms with van der Waals surface area (Å²) in [4.78, 5) is 31.0. The van der Waals surface area contributed by atoms with Crippen LogP contribution in [0.5, 0.6) is 0 Å². The number of piperidine rings is 1. The molecule has 3 rings (SSSR count). The van der Waals surface area contributed by atoms with Crippen LogP contribution in [0.3, 0.4) is 0 Å². The molecule has 1 aromatic heterocycles. The van der Waals surface area contributed by atoms with Crippen LogP contribution in [0.1, 0.15) is 12.1 Å². The van der Waals surface area contributed by atoms with Crippen LogP contribution in [0, 0.1) is 11.8 Å². The number of hydrogen-bond donors (Lipinski definition) is 2. The first kappa shape index (κ1) is 17.3. The first-order chi connectivity index (χ1) is 11.7. The van der Waals surface area contributed by atoms with E-state index < -0.39 is 0 Å². The van der Waals surface area contributed by atoms with Gasteiger partial charge in [0.1, 0.15) is 0 Å². The summed E-state index contributed by atoms with van der Waals surface area (Å²) in [7, 11) is 0. The molecule has 2 N–H and O–H groups in total. The van der Waals surface area contributed by atoms with Gasteiger partial charge < -0.3 is 20.3 Å². The number of ether oxygens (including phenoxy) is 1. The molecular formula is C16H24N4O3S. The zero-order valence-electron chi connectivity index (χ0n) is 13.7. The highest BCUT2D eigenvalue weighted by atomic mass is 32.1. The maximum absolute atomic E-state index is 12.6. The van der Waals surface area contributed by atoms with Crippen molar-refractivity contribution < 1.29 is 14.3 Å². The van der Waals surface area contributed by atoms with Crippen molar-refractivity contribution in [3.05, 3.63) is 16.6 Å². The molecule has 24 heavy (non-hydrogen) atoms. The van der Waals surface area contributed by atoms with Crippen molar-refractivity contribution in [3.63, 3.8) is 0 Å². The van der Waals surface area contributed by atoms with Gasteiger partial charge in [0.15, 0.2) is 0 Å². The van der Waals surface area contributed by atoms with Gasteiger partial charge >= 0.3 is 0 Å². The minimum atomic E-state index is -0.149. The second-order valence-corrected chi connectivity index (χ2v) is 6.96. The van der Waals surface area contributed by atoms with E-state index in [0.29, 0.717) is 52.4 Å². The van der Waals surface area contributed by atoms with E-state index in [0.717, 1.165) is 12.1 Å². The molecule has 0 aromatic carbocycles. The summed E-state index contributed by atoms with van der Waals surface area (Å²) in [6, 6.07) is 0. The molecule has 3 heterocycles. The number of carbonyl (C=O) groups is 2. The van der Waals surface area contributed by atoms with E-state index in [2.05, 4.69) is 15.6 Å². The summed E-state index contributed by atoms with van der Waals surface area (Å²) in [5, 5.41) is 8.20. The fourth-order valence-electron chi connectivity index (χ4n) is 3.19. The number of thiazole rings is 1. The van der Waals surface area contributed by atoms with E-state index in [1.54, 1.807) is 16.8 Å². The maximum atomic E-state index is 12.6. The third kappa shape index (κ3) is 4.52. The lowest BCUT2D eigenvalue weighted by Crippen LogP contribution is -2.51. The Morgan fingerprint density at radius 1 is 1.33 bits per heavy atom. The van der Waals surface area contributed by atoms with Crippen LogP contribution in [-0.2, 0) is 20.7 Å². The summed E-state index contributed by atoms with van der Waals surface area (Å²) in [6.45, 7) is 4.38. The summed E-state index contributed by atoms with van der Waals surface area (Å²) in [5.74, 6) is -0.0988. The molecule has 1 aromatic rings. The number of nitrogens with zero attached hydrogens (tertiary/aromatic N) is 2. The Labute approximate surface area is 145 Å². The normalized spacial score (nSPS) is 24.6. The molecule has 7 nitrogen and oxygen atoms in total. The van der Waals surface area contributed by atoms with Crippen LogP contribution < -0.4 is 10.6 Å². The highest BCUT2D eigenvalue weighted by Crippen LogP contribution is 2.19. The molecule has 2 aliphatic rings. The van der Waals surface area contributed by atoms with Gasteiger partial charge in [-0.3, -0.25) is 9.59 Å². The van der Waals surface area contributed by atoms with Gasteiger partial charge in [-0.25, -0.2) is 4.98 Å². The summed E-state index contributed by atoms with van der Waals surface area (Å²) >= 11 is 1.56. The lowest BCUT2D eigenvalue weighted by molar-refractivity contribution is -0.141. The van der Waals surface area contributed by atoms with Crippen molar-refractivity contribution in [3.8, 4) is 0 Å². The molecule has 8 heteroatoms. The van der Waals surface area contributed by atoms with Gasteiger partial charge in [0.05, 0.1) is 36.3 Å². The number of nitrogens with one attached hydrogen (secondary N) is 2. The van der Waals surface area contributed by atoms with E-state index in [1.165, 1.54) is 0 Å². The summed E-state index contributed by atoms with van der Waals surface area (Å²) < 4.78 is 5.29. The number of amides is 2. The first-order valence-electron chi connectivity index (χ1n) is 8.46. The van der Waals surface area contributed by atoms with Gasteiger partial charge in [0, 0.05) is 44.5 Å². The Hall–Kier alpha value is -1.51. The summed E-state index contributed by atoms with van der Waals surface area (Å²) in [5.41, 5.74) is 2.80. The highest BCUT2D eigenvalue weighted by Gasteiger charge is 2.33. The van der Waals surface area contributed by atoms with Gasteiger partial charge in [-0.1, -0.05) is 0 Å². The van der Waals surface area contributed by atoms with Gasteiger partial charge in [0.25, 0.3) is 0 Å². The first-order valence-corrected chi connectivity index (χ1v) is 9.40. The van der Waals surface area contributed by atoms with E-state index in [-0.39, 0.29) is 23.7 Å². The van der Waals surface area contributed by atoms with Crippen LogP contribution >= 0.6 is 11.3 Å². The van der Waals surface area contributed by atoms with E-state index in [9.17, 15) is 9.59 Å². The Bertz CT molecular complexity index is 546. The van der Waals surface area contributed by atoms with Crippen LogP contribution in [0.25, 0.3) is 0 Å². The minimum absolute atomic E-state index is 0.0252. The van der Waals surface area contributed by atoms with Crippen molar-refractivity contribution in [1.82, 2.24) is 20.5 Å². The van der Waals surface area contributed by atoms with Crippen LogP contribution in [0.2, 0.25) is 0 Å².